The molecule has 0 aliphatic rings. The maximum Gasteiger partial charge on any atom is 0.227 e. The van der Waals surface area contributed by atoms with E-state index < -0.39 is 31.0 Å². The predicted molar refractivity (Wildman–Crippen MR) is 353 cm³/mol. The first-order valence-electron chi connectivity index (χ1n) is 27.2. The van der Waals surface area contributed by atoms with Gasteiger partial charge in [-0.25, -0.2) is 0 Å². The quantitative estimate of drug-likeness (QED) is 0.0692. The van der Waals surface area contributed by atoms with E-state index in [1.807, 2.05) is 0 Å². The fourth-order valence-corrected chi connectivity index (χ4v) is 16.7. The number of rotatable bonds is 12. The van der Waals surface area contributed by atoms with E-state index in [2.05, 4.69) is 364 Å². The zero-order chi connectivity index (χ0) is 62.5. The molecule has 0 unspecified atom stereocenters. The highest BCUT2D eigenvalue weighted by Crippen LogP contribution is 2.34. The molecule has 0 aliphatic heterocycles. The molecule has 12 aromatic rings. The average Bonchev–Trinajstić information content (AvgIpc) is 3.57. The molecule has 0 saturated heterocycles. The van der Waals surface area contributed by atoms with Crippen LogP contribution in [0.4, 0.5) is 17.3 Å². The lowest BCUT2D eigenvalue weighted by atomic mass is 10.4. The van der Waals surface area contributed by atoms with Crippen molar-refractivity contribution in [1.29, 1.82) is 0 Å². The predicted octanol–water partition coefficient (Wildman–Crippen LogP) is 14.5. The van der Waals surface area contributed by atoms with E-state index in [0.29, 0.717) is 0 Å². The number of halogens is 4. The summed E-state index contributed by atoms with van der Waals surface area (Å²) in [5.74, 6) is 0. The van der Waals surface area contributed by atoms with Gasteiger partial charge in [-0.3, -0.25) is 0 Å². The van der Waals surface area contributed by atoms with Gasteiger partial charge < -0.3 is 37.4 Å². The lowest BCUT2D eigenvalue weighted by Crippen LogP contribution is -2.04. The van der Waals surface area contributed by atoms with Crippen molar-refractivity contribution >= 4 is 74.6 Å². The molecule has 12 rings (SSSR count). The fraction of sp³-hybridized carbons (Fsp3) is 0. The second-order valence-corrected chi connectivity index (χ2v) is 25.4. The summed E-state index contributed by atoms with van der Waals surface area (Å²) in [7, 11) is -3.06. The Morgan fingerprint density at radius 2 is 0.205 bits per heavy atom. The smallest absolute Gasteiger partial charge is 0.227 e. The molecule has 4 radical (unpaired) electrons. The lowest BCUT2D eigenvalue weighted by molar-refractivity contribution is -0.194. The van der Waals surface area contributed by atoms with Crippen molar-refractivity contribution in [3.63, 3.8) is 0 Å². The van der Waals surface area contributed by atoms with Crippen molar-refractivity contribution in [2.24, 2.45) is 0 Å². The first-order valence-corrected chi connectivity index (χ1v) is 32.1. The first kappa shape index (κ1) is 70.6. The van der Waals surface area contributed by atoms with Gasteiger partial charge in [-0.2, -0.15) is 0 Å². The molecule has 0 N–H and O–H groups in total. The molecule has 16 heteroatoms. The molecule has 0 bridgehead atoms. The van der Waals surface area contributed by atoms with Gasteiger partial charge in [0.05, 0.1) is 43.6 Å². The van der Waals surface area contributed by atoms with Crippen LogP contribution in [0.2, 0.25) is 0 Å². The van der Waals surface area contributed by atoms with Crippen molar-refractivity contribution in [1.82, 2.24) is 0 Å². The molecule has 0 aromatic heterocycles. The van der Waals surface area contributed by atoms with Gasteiger partial charge in [-0.15, -0.1) is 0 Å². The van der Waals surface area contributed by atoms with Gasteiger partial charge in [0.1, 0.15) is 0 Å². The summed E-state index contributed by atoms with van der Waals surface area (Å²) < 4.78 is 38.4. The SMILES string of the molecule is [O-][B]F.[O-][B]F.[O-][B]F.[O-][B]F.c1ccc([S+](c2ccccc2)c2ccccc2)cc1.c1ccc([S+](c2ccccc2)c2ccccc2)cc1.c1ccc([S+](c2ccccc2)c2ccccc2)cc1.c1ccc([S+](c2ccccc2)c2ccccc2)cc1. The minimum Gasteiger partial charge on any atom is -0.857 e. The third-order valence-corrected chi connectivity index (χ3v) is 20.7. The maximum atomic E-state index is 9.61. The summed E-state index contributed by atoms with van der Waals surface area (Å²) in [5, 5.41) is 32.6. The summed E-state index contributed by atoms with van der Waals surface area (Å²) in [6.45, 7) is 0. The van der Waals surface area contributed by atoms with Crippen LogP contribution in [0.15, 0.2) is 423 Å². The highest BCUT2D eigenvalue weighted by atomic mass is 32.2. The van der Waals surface area contributed by atoms with Crippen LogP contribution in [0.25, 0.3) is 0 Å². The van der Waals surface area contributed by atoms with E-state index in [1.54, 1.807) is 0 Å². The van der Waals surface area contributed by atoms with Gasteiger partial charge in [-0.1, -0.05) is 218 Å². The molecule has 0 fully saturated rings. The largest absolute Gasteiger partial charge is 0.857 e. The molecule has 436 valence electrons. The molecular formula is C72H60B4F4O4S4. The van der Waals surface area contributed by atoms with Gasteiger partial charge in [0.25, 0.3) is 0 Å². The van der Waals surface area contributed by atoms with E-state index in [1.165, 1.54) is 58.7 Å². The van der Waals surface area contributed by atoms with Crippen molar-refractivity contribution in [3.8, 4) is 0 Å². The summed E-state index contributed by atoms with van der Waals surface area (Å²) in [6.07, 6.45) is 0. The molecular weight excluding hydrogens is 1180 g/mol. The number of benzene rings is 12. The van der Waals surface area contributed by atoms with Gasteiger partial charge in [0.15, 0.2) is 58.7 Å². The normalized spacial score (nSPS) is 9.77. The van der Waals surface area contributed by atoms with E-state index in [0.717, 1.165) is 0 Å². The molecule has 88 heavy (non-hydrogen) atoms. The van der Waals surface area contributed by atoms with Gasteiger partial charge in [-0.05, 0) is 146 Å². The Bertz CT molecular complexity index is 2710. The number of hydrogen-bond acceptors (Lipinski definition) is 4. The third kappa shape index (κ3) is 24.9. The van der Waals surface area contributed by atoms with Crippen molar-refractivity contribution in [2.45, 2.75) is 58.7 Å². The maximum absolute atomic E-state index is 9.61. The minimum atomic E-state index is -0.750. The molecule has 0 aliphatic carbocycles. The molecule has 0 heterocycles. The van der Waals surface area contributed by atoms with Crippen LogP contribution in [-0.2, 0) is 43.6 Å². The van der Waals surface area contributed by atoms with E-state index in [-0.39, 0.29) is 43.6 Å². The molecule has 0 amide bonds. The van der Waals surface area contributed by atoms with Crippen LogP contribution in [0.3, 0.4) is 0 Å². The van der Waals surface area contributed by atoms with Crippen LogP contribution in [-0.4, -0.2) is 31.0 Å². The van der Waals surface area contributed by atoms with Crippen LogP contribution >= 0.6 is 0 Å². The lowest BCUT2D eigenvalue weighted by Gasteiger charge is -2.07. The first-order chi connectivity index (χ1) is 43.5. The second kappa shape index (κ2) is 44.3. The highest BCUT2D eigenvalue weighted by molar-refractivity contribution is 7.98. The Morgan fingerprint density at radius 1 is 0.148 bits per heavy atom. The molecule has 0 spiro atoms. The minimum absolute atomic E-state index is 0.0146. The third-order valence-electron chi connectivity index (χ3n) is 11.7. The molecule has 0 atom stereocenters. The highest BCUT2D eigenvalue weighted by Gasteiger charge is 2.31. The van der Waals surface area contributed by atoms with Crippen LogP contribution in [0, 0.1) is 0 Å². The monoisotopic (exact) mass is 1240 g/mol. The summed E-state index contributed by atoms with van der Waals surface area (Å²) in [4.78, 5) is 16.3. The van der Waals surface area contributed by atoms with E-state index >= 15 is 0 Å². The molecule has 4 nitrogen and oxygen atoms in total. The Balaban J connectivity index is 0.000000201. The van der Waals surface area contributed by atoms with Crippen LogP contribution < -0.4 is 20.1 Å². The fourth-order valence-electron chi connectivity index (χ4n) is 8.31. The number of hydrogen-bond donors (Lipinski definition) is 0. The zero-order valence-electron chi connectivity index (χ0n) is 47.7. The Labute approximate surface area is 531 Å². The zero-order valence-corrected chi connectivity index (χ0v) is 51.0. The van der Waals surface area contributed by atoms with Crippen LogP contribution in [0.5, 0.6) is 0 Å². The van der Waals surface area contributed by atoms with Crippen molar-refractivity contribution in [3.05, 3.63) is 364 Å². The topological polar surface area (TPSA) is 92.2 Å². The van der Waals surface area contributed by atoms with E-state index in [9.17, 15) is 17.3 Å². The van der Waals surface area contributed by atoms with Gasteiger partial charge in [0.2, 0.25) is 31.0 Å². The second-order valence-electron chi connectivity index (χ2n) is 17.3. The van der Waals surface area contributed by atoms with Crippen LogP contribution in [0.1, 0.15) is 0 Å². The Morgan fingerprint density at radius 3 is 0.261 bits per heavy atom. The van der Waals surface area contributed by atoms with Crippen molar-refractivity contribution < 1.29 is 37.4 Å². The average molecular weight is 1240 g/mol. The molecule has 0 saturated carbocycles. The Kier molecular flexibility index (Phi) is 35.6. The van der Waals surface area contributed by atoms with Gasteiger partial charge in [0, 0.05) is 0 Å². The Hall–Kier alpha value is -8.14. The summed E-state index contributed by atoms with van der Waals surface area (Å²) >= 11 is 0. The summed E-state index contributed by atoms with van der Waals surface area (Å²) in [5.41, 5.74) is 0. The van der Waals surface area contributed by atoms with Crippen molar-refractivity contribution in [2.75, 3.05) is 0 Å². The molecule has 12 aromatic carbocycles. The summed E-state index contributed by atoms with van der Waals surface area (Å²) in [6, 6.07) is 129. The van der Waals surface area contributed by atoms with E-state index in [4.69, 9.17) is 20.1 Å². The standard InChI is InChI=1S/4C18H15S.4BFO/c4*1-4-10-16(11-5-1)19(17-12-6-2-7-13-17)18-14-8-3-9-15-18;4*2-1-3/h4*1-15H;;;;/q4*+1;4*-1. The van der Waals surface area contributed by atoms with Gasteiger partial charge >= 0.3 is 0 Å².